The Balaban J connectivity index is 1.17. The van der Waals surface area contributed by atoms with Crippen molar-refractivity contribution in [3.8, 4) is 0 Å². The van der Waals surface area contributed by atoms with Crippen LogP contribution in [0.4, 0.5) is 0 Å². The van der Waals surface area contributed by atoms with Gasteiger partial charge < -0.3 is 74.8 Å². The summed E-state index contributed by atoms with van der Waals surface area (Å²) in [5.74, 6) is -6.76. The second-order valence-corrected chi connectivity index (χ2v) is 28.2. The average Bonchev–Trinajstić information content (AvgIpc) is 1.57. The number of amides is 7. The molecule has 1 aromatic carbocycles. The second kappa shape index (κ2) is 25.8. The van der Waals surface area contributed by atoms with Crippen molar-refractivity contribution in [2.24, 2.45) is 89.7 Å². The number of carbonyl (C=O) groups is 7. The lowest BCUT2D eigenvalue weighted by Gasteiger charge is -2.41. The lowest BCUT2D eigenvalue weighted by Crippen LogP contribution is -2.51. The zero-order chi connectivity index (χ0) is 65.8. The molecule has 0 saturated carbocycles. The molecule has 0 radical (unpaired) electrons. The van der Waals surface area contributed by atoms with Gasteiger partial charge in [0, 0.05) is 125 Å². The van der Waals surface area contributed by atoms with Crippen LogP contribution in [0.1, 0.15) is 143 Å². The minimum Gasteiger partial charge on any atom is -0.394 e. The number of rotatable bonds is 26. The average molecular weight is 1260 g/mol. The Morgan fingerprint density at radius 3 is 2.00 bits per heavy atom. The zero-order valence-corrected chi connectivity index (χ0v) is 53.4. The number of aliphatic imine (C=N–C) groups is 2. The first-order chi connectivity index (χ1) is 41.5. The van der Waals surface area contributed by atoms with Crippen molar-refractivity contribution in [3.63, 3.8) is 0 Å². The molecule has 8 rings (SSSR count). The highest BCUT2D eigenvalue weighted by molar-refractivity contribution is 7.47. The first kappa shape index (κ1) is 68.0. The summed E-state index contributed by atoms with van der Waals surface area (Å²) in [7, 11) is -5.06. The Labute approximate surface area is 517 Å². The number of aromatic nitrogens is 2. The maximum Gasteiger partial charge on any atom is 0.472 e. The van der Waals surface area contributed by atoms with Crippen LogP contribution in [0.15, 0.2) is 62.8 Å². The Bertz CT molecular complexity index is 3410. The predicted octanol–water partition coefficient (Wildman–Crippen LogP) is 2.29. The lowest BCUT2D eigenvalue weighted by atomic mass is 9.61. The highest BCUT2D eigenvalue weighted by Crippen LogP contribution is 2.59. The van der Waals surface area contributed by atoms with E-state index in [9.17, 15) is 53.2 Å². The number of aryl methyl sites for hydroxylation is 2. The van der Waals surface area contributed by atoms with Crippen LogP contribution < -0.4 is 50.4 Å². The maximum atomic E-state index is 14.3. The third-order valence-corrected chi connectivity index (χ3v) is 21.4. The number of nitrogens with two attached hydrogens (primary N) is 6. The molecule has 3 fully saturated rings. The van der Waals surface area contributed by atoms with Crippen molar-refractivity contribution in [1.29, 1.82) is 0 Å². The van der Waals surface area contributed by atoms with E-state index in [-0.39, 0.29) is 77.2 Å². The van der Waals surface area contributed by atoms with Gasteiger partial charge >= 0.3 is 7.82 Å². The number of benzene rings is 1. The number of primary amides is 6. The van der Waals surface area contributed by atoms with Gasteiger partial charge in [0.15, 0.2) is 6.23 Å². The Morgan fingerprint density at radius 2 is 1.40 bits per heavy atom. The Hall–Kier alpha value is -6.87. The molecule has 27 nitrogen and oxygen atoms in total. The number of ether oxygens (including phenoxy) is 1. The van der Waals surface area contributed by atoms with Crippen molar-refractivity contribution < 1.29 is 67.0 Å². The van der Waals surface area contributed by atoms with Gasteiger partial charge in [0.1, 0.15) is 18.3 Å². The Morgan fingerprint density at radius 1 is 0.809 bits per heavy atom. The number of hydrogen-bond acceptors (Lipinski definition) is 18. The van der Waals surface area contributed by atoms with Gasteiger partial charge in [0.2, 0.25) is 41.4 Å². The number of imidazole rings is 1. The molecule has 18 N–H and O–H groups in total. The minimum absolute atomic E-state index is 0.0172. The fraction of sp³-hybridized carbons (Fsp3) is 0.639. The van der Waals surface area contributed by atoms with Crippen molar-refractivity contribution >= 4 is 71.6 Å². The van der Waals surface area contributed by atoms with Crippen LogP contribution in [-0.2, 0) is 51.9 Å². The summed E-state index contributed by atoms with van der Waals surface area (Å²) in [6, 6.07) is 1.27. The number of aliphatic hydroxyl groups is 2. The van der Waals surface area contributed by atoms with E-state index in [1.807, 2.05) is 80.5 Å². The van der Waals surface area contributed by atoms with Gasteiger partial charge in [-0.15, -0.1) is 0 Å². The van der Waals surface area contributed by atoms with Crippen LogP contribution in [0.25, 0.3) is 11.0 Å². The van der Waals surface area contributed by atoms with Gasteiger partial charge in [-0.2, -0.15) is 0 Å². The maximum absolute atomic E-state index is 14.3. The van der Waals surface area contributed by atoms with Crippen molar-refractivity contribution in [1.82, 2.24) is 25.5 Å². The van der Waals surface area contributed by atoms with Gasteiger partial charge in [0.25, 0.3) is 0 Å². The molecule has 12 unspecified atom stereocenters. The molecule has 7 heterocycles. The molecule has 16 atom stereocenters. The SMILES string of the molecule is C/C1=C2N=C(/C=C3\NC(/C(C)=C4\NC(C5N=C1C(C)(CCC(=O)NCC(C)OP(=O)(O)O[C@H]1[C@@H](O)[C@@H](n6cnc7cc(C)c(C)cc76)O[C@@H]1CO)C5CC(N)=O)C(C)(CC(N)=O)C4CCC(N)=O)C(C)(CC(N)=O)C3CCC(N)=O)C(C)(C)C/2CCC(N)=O. The van der Waals surface area contributed by atoms with Gasteiger partial charge in [0.05, 0.1) is 48.2 Å². The van der Waals surface area contributed by atoms with Crippen molar-refractivity contribution in [2.75, 3.05) is 13.2 Å². The van der Waals surface area contributed by atoms with Crippen LogP contribution in [-0.4, -0.2) is 133 Å². The molecule has 3 saturated heterocycles. The number of phosphoric acid groups is 1. The smallest absolute Gasteiger partial charge is 0.394 e. The molecule has 6 aliphatic rings. The van der Waals surface area contributed by atoms with Crippen LogP contribution in [0.2, 0.25) is 0 Å². The van der Waals surface area contributed by atoms with E-state index in [4.69, 9.17) is 58.2 Å². The summed E-state index contributed by atoms with van der Waals surface area (Å²) in [6.07, 6.45) is -3.80. The summed E-state index contributed by atoms with van der Waals surface area (Å²) < 4.78 is 32.2. The summed E-state index contributed by atoms with van der Waals surface area (Å²) in [6.45, 7) is 17.6. The number of allylic oxidation sites excluding steroid dienone is 5. The number of nitrogens with one attached hydrogen (secondary N) is 3. The summed E-state index contributed by atoms with van der Waals surface area (Å²) >= 11 is 0. The molecular weight excluding hydrogens is 1170 g/mol. The summed E-state index contributed by atoms with van der Waals surface area (Å²) in [5, 5.41) is 32.1. The lowest BCUT2D eigenvalue weighted by molar-refractivity contribution is -0.123. The summed E-state index contributed by atoms with van der Waals surface area (Å²) in [4.78, 5) is 120. The number of nitrogens with zero attached hydrogens (tertiary/aromatic N) is 4. The fourth-order valence-corrected chi connectivity index (χ4v) is 16.6. The van der Waals surface area contributed by atoms with Gasteiger partial charge in [-0.25, -0.2) is 9.55 Å². The number of carbonyl (C=O) groups excluding carboxylic acids is 7. The third kappa shape index (κ3) is 13.5. The normalized spacial score (nSPS) is 34.4. The van der Waals surface area contributed by atoms with Gasteiger partial charge in [-0.05, 0) is 101 Å². The van der Waals surface area contributed by atoms with Crippen LogP contribution >= 0.6 is 7.82 Å². The first-order valence-corrected chi connectivity index (χ1v) is 31.9. The molecular formula is C61H90N13O14P. The molecule has 488 valence electrons. The van der Waals surface area contributed by atoms with E-state index in [1.54, 1.807) is 4.57 Å². The molecule has 6 aliphatic heterocycles. The fourth-order valence-electron chi connectivity index (χ4n) is 15.5. The van der Waals surface area contributed by atoms with Crippen LogP contribution in [0.5, 0.6) is 0 Å². The van der Waals surface area contributed by atoms with Crippen LogP contribution in [0.3, 0.4) is 0 Å². The third-order valence-electron chi connectivity index (χ3n) is 20.2. The molecule has 7 amide bonds. The molecule has 0 aliphatic carbocycles. The van der Waals surface area contributed by atoms with E-state index >= 15 is 0 Å². The number of phosphoric ester groups is 1. The minimum atomic E-state index is -5.06. The van der Waals surface area contributed by atoms with E-state index in [1.165, 1.54) is 13.3 Å². The monoisotopic (exact) mass is 1260 g/mol. The van der Waals surface area contributed by atoms with Gasteiger partial charge in [-0.3, -0.25) is 52.6 Å². The highest BCUT2D eigenvalue weighted by Gasteiger charge is 2.62. The molecule has 28 heteroatoms. The molecule has 0 spiro atoms. The number of aliphatic hydroxyl groups excluding tert-OH is 2. The van der Waals surface area contributed by atoms with Gasteiger partial charge in [-0.1, -0.05) is 34.6 Å². The molecule has 89 heavy (non-hydrogen) atoms. The first-order valence-electron chi connectivity index (χ1n) is 30.4. The Kier molecular flexibility index (Phi) is 19.7. The number of hydrogen-bond donors (Lipinski definition) is 12. The summed E-state index contributed by atoms with van der Waals surface area (Å²) in [5.41, 5.74) is 39.1. The van der Waals surface area contributed by atoms with E-state index in [2.05, 4.69) is 20.9 Å². The van der Waals surface area contributed by atoms with E-state index in [0.717, 1.165) is 11.1 Å². The van der Waals surface area contributed by atoms with Crippen molar-refractivity contribution in [2.45, 2.75) is 189 Å². The number of fused-ring (bicyclic) bond motifs is 8. The zero-order valence-electron chi connectivity index (χ0n) is 52.5. The highest BCUT2D eigenvalue weighted by atomic mass is 31.2. The topological polar surface area (TPSA) is 460 Å². The molecule has 8 bridgehead atoms. The quantitative estimate of drug-likeness (QED) is 0.0601. The van der Waals surface area contributed by atoms with Crippen molar-refractivity contribution in [3.05, 3.63) is 63.9 Å². The molecule has 1 aromatic heterocycles. The molecule has 2 aromatic rings. The standard InChI is InChI=1S/C61H90N13O14P/c1-28-19-38-39(20-29(28)2)74(27-69-38)57-52(83)53(40(26-75)86-57)88-89(84,85)87-30(3)25-68-48(82)17-18-59(8)36(21-45(65)79)51-56-61(10,24-47(67)81)35(13-16-44(64)78)50(72-56)32(5)55-60(9,23-46(66)80)33(11-14-42(62)76)37(70-55)22-41-58(6,7)34(12-15-43(63)77)49(71-41)31(4)54(59)73-51/h19-20,22,27,30,33-36,40,51-53,55-57,70,72,75,83H,11-18,21,23-26H2,1-10H3,(H2,62,76)(H2,63,77)(H2,64,78)(H2,65,79)(H2,66,80)(H2,67,81)(H,68,82)(H,84,85)/b37-22-,49-31-,50-32-/t30?,33?,34?,35?,36?,40-,51?,52-,53-,55?,56?,57+,59?,60?,61?/m1/s1. The van der Waals surface area contributed by atoms with Crippen LogP contribution in [0, 0.1) is 59.2 Å². The van der Waals surface area contributed by atoms with E-state index in [0.29, 0.717) is 50.7 Å². The largest absolute Gasteiger partial charge is 0.472 e. The second-order valence-electron chi connectivity index (χ2n) is 26.8. The van der Waals surface area contributed by atoms with E-state index < -0.39 is 150 Å². The predicted molar refractivity (Wildman–Crippen MR) is 328 cm³/mol.